The molecule has 1 aromatic heterocycles. The topological polar surface area (TPSA) is 72.5 Å². The molecule has 128 valence electrons. The molecule has 0 spiro atoms. The maximum absolute atomic E-state index is 11.8. The van der Waals surface area contributed by atoms with E-state index in [2.05, 4.69) is 15.6 Å². The van der Waals surface area contributed by atoms with Crippen LogP contribution >= 0.6 is 11.3 Å². The highest BCUT2D eigenvalue weighted by molar-refractivity contribution is 7.07. The standard InChI is InChI=1S/C17H21N3O3S/c21-17(18-8-7-14-11-24-12-19-14)20-13-3-5-15(6-4-13)23-10-16-2-1-9-22-16/h3-6,11-12,16H,1-2,7-10H2,(H2,18,20,21)/t16-/m1/s1. The number of rotatable bonds is 7. The Morgan fingerprint density at radius 2 is 2.25 bits per heavy atom. The lowest BCUT2D eigenvalue weighted by atomic mass is 10.2. The number of nitrogens with one attached hydrogen (secondary N) is 2. The third-order valence-corrected chi connectivity index (χ3v) is 4.36. The zero-order valence-corrected chi connectivity index (χ0v) is 14.2. The predicted octanol–water partition coefficient (Wildman–Crippen LogP) is 3.07. The lowest BCUT2D eigenvalue weighted by Crippen LogP contribution is -2.30. The summed E-state index contributed by atoms with van der Waals surface area (Å²) in [6.45, 7) is 1.95. The van der Waals surface area contributed by atoms with Gasteiger partial charge in [0.25, 0.3) is 0 Å². The van der Waals surface area contributed by atoms with E-state index in [1.54, 1.807) is 16.8 Å². The van der Waals surface area contributed by atoms with E-state index in [1.807, 2.05) is 29.6 Å². The van der Waals surface area contributed by atoms with Gasteiger partial charge < -0.3 is 20.1 Å². The molecule has 0 bridgehead atoms. The van der Waals surface area contributed by atoms with Crippen LogP contribution in [0.3, 0.4) is 0 Å². The number of urea groups is 1. The number of nitrogens with zero attached hydrogens (tertiary/aromatic N) is 1. The molecular weight excluding hydrogens is 326 g/mol. The zero-order chi connectivity index (χ0) is 16.6. The van der Waals surface area contributed by atoms with Crippen LogP contribution in [0.25, 0.3) is 0 Å². The number of benzene rings is 1. The molecule has 2 N–H and O–H groups in total. The van der Waals surface area contributed by atoms with Crippen molar-refractivity contribution in [1.82, 2.24) is 10.3 Å². The monoisotopic (exact) mass is 347 g/mol. The molecule has 24 heavy (non-hydrogen) atoms. The van der Waals surface area contributed by atoms with E-state index < -0.39 is 0 Å². The number of carbonyl (C=O) groups excluding carboxylic acids is 1. The number of thiazole rings is 1. The van der Waals surface area contributed by atoms with Crippen LogP contribution in [0.1, 0.15) is 18.5 Å². The third-order valence-electron chi connectivity index (χ3n) is 3.72. The van der Waals surface area contributed by atoms with Gasteiger partial charge in [0, 0.05) is 30.6 Å². The van der Waals surface area contributed by atoms with E-state index in [0.29, 0.717) is 13.2 Å². The molecule has 2 aromatic rings. The average Bonchev–Trinajstić information content (AvgIpc) is 3.28. The summed E-state index contributed by atoms with van der Waals surface area (Å²) < 4.78 is 11.2. The highest BCUT2D eigenvalue weighted by Crippen LogP contribution is 2.18. The van der Waals surface area contributed by atoms with Gasteiger partial charge in [0.1, 0.15) is 12.4 Å². The summed E-state index contributed by atoms with van der Waals surface area (Å²) in [7, 11) is 0. The van der Waals surface area contributed by atoms with Gasteiger partial charge in [0.2, 0.25) is 0 Å². The second kappa shape index (κ2) is 8.65. The maximum atomic E-state index is 11.8. The number of amides is 2. The minimum absolute atomic E-state index is 0.200. The van der Waals surface area contributed by atoms with Crippen molar-refractivity contribution in [3.8, 4) is 5.75 Å². The van der Waals surface area contributed by atoms with Crippen molar-refractivity contribution in [3.05, 3.63) is 40.8 Å². The normalized spacial score (nSPS) is 16.8. The number of hydrogen-bond acceptors (Lipinski definition) is 5. The molecule has 1 saturated heterocycles. The van der Waals surface area contributed by atoms with Gasteiger partial charge in [-0.3, -0.25) is 0 Å². The fraction of sp³-hybridized carbons (Fsp3) is 0.412. The summed E-state index contributed by atoms with van der Waals surface area (Å²) in [6.07, 6.45) is 3.09. The predicted molar refractivity (Wildman–Crippen MR) is 93.8 cm³/mol. The Balaban J connectivity index is 1.37. The van der Waals surface area contributed by atoms with Crippen LogP contribution in [-0.2, 0) is 11.2 Å². The van der Waals surface area contributed by atoms with Crippen LogP contribution in [0.4, 0.5) is 10.5 Å². The van der Waals surface area contributed by atoms with Crippen molar-refractivity contribution < 1.29 is 14.3 Å². The quantitative estimate of drug-likeness (QED) is 0.807. The highest BCUT2D eigenvalue weighted by atomic mass is 32.1. The minimum atomic E-state index is -0.224. The summed E-state index contributed by atoms with van der Waals surface area (Å²) in [4.78, 5) is 16.0. The second-order valence-corrected chi connectivity index (χ2v) is 6.30. The van der Waals surface area contributed by atoms with Crippen LogP contribution in [0, 0.1) is 0 Å². The molecule has 0 saturated carbocycles. The van der Waals surface area contributed by atoms with Gasteiger partial charge in [-0.05, 0) is 37.1 Å². The van der Waals surface area contributed by atoms with Crippen LogP contribution in [-0.4, -0.2) is 36.9 Å². The lowest BCUT2D eigenvalue weighted by Gasteiger charge is -2.12. The zero-order valence-electron chi connectivity index (χ0n) is 13.4. The van der Waals surface area contributed by atoms with Crippen LogP contribution < -0.4 is 15.4 Å². The molecule has 3 rings (SSSR count). The molecular formula is C17H21N3O3S. The van der Waals surface area contributed by atoms with Gasteiger partial charge in [0.15, 0.2) is 0 Å². The molecule has 0 radical (unpaired) electrons. The molecule has 1 aliphatic rings. The molecule has 1 fully saturated rings. The number of anilines is 1. The van der Waals surface area contributed by atoms with Crippen LogP contribution in [0.15, 0.2) is 35.2 Å². The van der Waals surface area contributed by atoms with Crippen molar-refractivity contribution in [2.24, 2.45) is 0 Å². The highest BCUT2D eigenvalue weighted by Gasteiger charge is 2.15. The van der Waals surface area contributed by atoms with Crippen molar-refractivity contribution in [3.63, 3.8) is 0 Å². The molecule has 0 aliphatic carbocycles. The van der Waals surface area contributed by atoms with Crippen molar-refractivity contribution in [2.45, 2.75) is 25.4 Å². The Morgan fingerprint density at radius 3 is 2.96 bits per heavy atom. The second-order valence-electron chi connectivity index (χ2n) is 5.58. The number of aromatic nitrogens is 1. The largest absolute Gasteiger partial charge is 0.491 e. The first-order chi connectivity index (χ1) is 11.8. The molecule has 0 unspecified atom stereocenters. The van der Waals surface area contributed by atoms with Gasteiger partial charge in [0.05, 0.1) is 17.3 Å². The maximum Gasteiger partial charge on any atom is 0.319 e. The lowest BCUT2D eigenvalue weighted by molar-refractivity contribution is 0.0679. The molecule has 7 heteroatoms. The van der Waals surface area contributed by atoms with Gasteiger partial charge in [-0.2, -0.15) is 0 Å². The van der Waals surface area contributed by atoms with E-state index in [-0.39, 0.29) is 12.1 Å². The van der Waals surface area contributed by atoms with Crippen LogP contribution in [0.5, 0.6) is 5.75 Å². The molecule has 1 atom stereocenters. The van der Waals surface area contributed by atoms with Gasteiger partial charge >= 0.3 is 6.03 Å². The smallest absolute Gasteiger partial charge is 0.319 e. The minimum Gasteiger partial charge on any atom is -0.491 e. The fourth-order valence-corrected chi connectivity index (χ4v) is 3.03. The van der Waals surface area contributed by atoms with E-state index in [0.717, 1.165) is 43.0 Å². The van der Waals surface area contributed by atoms with Gasteiger partial charge in [-0.25, -0.2) is 9.78 Å². The summed E-state index contributed by atoms with van der Waals surface area (Å²) in [5, 5.41) is 7.59. The van der Waals surface area contributed by atoms with E-state index in [4.69, 9.17) is 9.47 Å². The van der Waals surface area contributed by atoms with Crippen LogP contribution in [0.2, 0.25) is 0 Å². The number of hydrogen-bond donors (Lipinski definition) is 2. The first-order valence-corrected chi connectivity index (χ1v) is 9.00. The molecule has 6 nitrogen and oxygen atoms in total. The molecule has 1 aliphatic heterocycles. The van der Waals surface area contributed by atoms with Crippen molar-refractivity contribution in [1.29, 1.82) is 0 Å². The van der Waals surface area contributed by atoms with Gasteiger partial charge in [-0.15, -0.1) is 11.3 Å². The Morgan fingerprint density at radius 1 is 1.38 bits per heavy atom. The number of carbonyl (C=O) groups is 1. The third kappa shape index (κ3) is 5.21. The summed E-state index contributed by atoms with van der Waals surface area (Å²) in [6, 6.07) is 7.12. The summed E-state index contributed by atoms with van der Waals surface area (Å²) in [5.41, 5.74) is 3.51. The molecule has 2 amide bonds. The van der Waals surface area contributed by atoms with Crippen molar-refractivity contribution in [2.75, 3.05) is 25.1 Å². The molecule has 1 aromatic carbocycles. The van der Waals surface area contributed by atoms with E-state index in [9.17, 15) is 4.79 Å². The fourth-order valence-electron chi connectivity index (χ4n) is 2.44. The first kappa shape index (κ1) is 16.7. The average molecular weight is 347 g/mol. The SMILES string of the molecule is O=C(NCCc1cscn1)Nc1ccc(OC[C@H]2CCCO2)cc1. The Labute approximate surface area is 145 Å². The Hall–Kier alpha value is -2.12. The molecule has 2 heterocycles. The Kier molecular flexibility index (Phi) is 6.03. The summed E-state index contributed by atoms with van der Waals surface area (Å²) >= 11 is 1.56. The first-order valence-electron chi connectivity index (χ1n) is 8.06. The Bertz CT molecular complexity index is 625. The summed E-state index contributed by atoms with van der Waals surface area (Å²) in [5.74, 6) is 0.778. The van der Waals surface area contributed by atoms with Crippen molar-refractivity contribution >= 4 is 23.1 Å². The van der Waals surface area contributed by atoms with Gasteiger partial charge in [-0.1, -0.05) is 0 Å². The number of ether oxygens (including phenoxy) is 2. The van der Waals surface area contributed by atoms with E-state index in [1.165, 1.54) is 0 Å². The van der Waals surface area contributed by atoms with E-state index >= 15 is 0 Å².